The number of rotatable bonds is 6. The maximum atomic E-state index is 12.9. The average molecular weight is 386 g/mol. The van der Waals surface area contributed by atoms with Gasteiger partial charge in [-0.05, 0) is 50.2 Å². The highest BCUT2D eigenvalue weighted by molar-refractivity contribution is 5.98. The molecular formula is C22H30N2O4. The van der Waals surface area contributed by atoms with Crippen LogP contribution in [0.1, 0.15) is 56.5 Å². The molecule has 3 rings (SSSR count). The Balaban J connectivity index is 1.66. The van der Waals surface area contributed by atoms with Gasteiger partial charge in [0.05, 0.1) is 0 Å². The van der Waals surface area contributed by atoms with Gasteiger partial charge in [0.1, 0.15) is 11.6 Å². The Labute approximate surface area is 166 Å². The van der Waals surface area contributed by atoms with Gasteiger partial charge in [0.2, 0.25) is 5.91 Å². The smallest absolute Gasteiger partial charge is 0.287 e. The van der Waals surface area contributed by atoms with Gasteiger partial charge in [0, 0.05) is 24.6 Å². The van der Waals surface area contributed by atoms with Crippen LogP contribution in [0.2, 0.25) is 0 Å². The third kappa shape index (κ3) is 5.58. The van der Waals surface area contributed by atoms with Gasteiger partial charge in [-0.25, -0.2) is 0 Å². The van der Waals surface area contributed by atoms with Crippen molar-refractivity contribution in [3.8, 4) is 0 Å². The molecule has 2 aromatic rings. The van der Waals surface area contributed by atoms with Gasteiger partial charge in [0.15, 0.2) is 5.76 Å². The van der Waals surface area contributed by atoms with Crippen molar-refractivity contribution in [2.45, 2.75) is 58.0 Å². The lowest BCUT2D eigenvalue weighted by Gasteiger charge is -2.25. The van der Waals surface area contributed by atoms with Gasteiger partial charge in [0.25, 0.3) is 5.91 Å². The quantitative estimate of drug-likeness (QED) is 0.794. The Morgan fingerprint density at radius 1 is 1.14 bits per heavy atom. The molecule has 2 atom stereocenters. The molecule has 0 aliphatic carbocycles. The molecule has 0 radical (unpaired) electrons. The van der Waals surface area contributed by atoms with Crippen molar-refractivity contribution in [3.05, 3.63) is 36.1 Å². The highest BCUT2D eigenvalue weighted by atomic mass is 16.5. The number of benzene rings is 1. The molecule has 0 bridgehead atoms. The molecule has 0 saturated carbocycles. The molecule has 2 N–H and O–H groups in total. The van der Waals surface area contributed by atoms with E-state index in [-0.39, 0.29) is 29.5 Å². The van der Waals surface area contributed by atoms with Gasteiger partial charge >= 0.3 is 0 Å². The molecule has 2 unspecified atom stereocenters. The topological polar surface area (TPSA) is 80.6 Å². The number of para-hydroxylation sites is 1. The van der Waals surface area contributed by atoms with Gasteiger partial charge in [-0.1, -0.05) is 32.0 Å². The summed E-state index contributed by atoms with van der Waals surface area (Å²) in [6.07, 6.45) is 4.37. The second-order valence-electron chi connectivity index (χ2n) is 7.91. The molecule has 0 spiro atoms. The number of carbonyl (C=O) groups is 2. The zero-order valence-corrected chi connectivity index (χ0v) is 16.7. The summed E-state index contributed by atoms with van der Waals surface area (Å²) in [5.41, 5.74) is 0.659. The summed E-state index contributed by atoms with van der Waals surface area (Å²) in [6.45, 7) is 5.53. The second kappa shape index (κ2) is 9.73. The lowest BCUT2D eigenvalue weighted by Crippen LogP contribution is -2.50. The molecule has 1 aliphatic rings. The van der Waals surface area contributed by atoms with Gasteiger partial charge in [-0.3, -0.25) is 9.59 Å². The molecule has 2 amide bonds. The Morgan fingerprint density at radius 2 is 1.96 bits per heavy atom. The first-order valence-corrected chi connectivity index (χ1v) is 10.2. The molecule has 1 aliphatic heterocycles. The van der Waals surface area contributed by atoms with E-state index in [0.717, 1.165) is 37.7 Å². The first kappa shape index (κ1) is 20.4. The fourth-order valence-corrected chi connectivity index (χ4v) is 3.54. The Bertz CT molecular complexity index is 758. The lowest BCUT2D eigenvalue weighted by atomic mass is 10.0. The van der Waals surface area contributed by atoms with Gasteiger partial charge in [-0.2, -0.15) is 0 Å². The van der Waals surface area contributed by atoms with Crippen molar-refractivity contribution in [2.24, 2.45) is 5.92 Å². The maximum Gasteiger partial charge on any atom is 0.287 e. The molecule has 2 heterocycles. The molecule has 1 aromatic carbocycles. The third-order valence-electron chi connectivity index (χ3n) is 5.03. The van der Waals surface area contributed by atoms with E-state index in [2.05, 4.69) is 10.6 Å². The number of furan rings is 1. The first-order chi connectivity index (χ1) is 13.5. The summed E-state index contributed by atoms with van der Waals surface area (Å²) in [5.74, 6) is -0.00349. The second-order valence-corrected chi connectivity index (χ2v) is 7.91. The van der Waals surface area contributed by atoms with Crippen molar-refractivity contribution in [1.29, 1.82) is 0 Å². The number of hydrogen-bond acceptors (Lipinski definition) is 4. The SMILES string of the molecule is CC(C)CC(NC(=O)c1cc2ccccc2o1)C(=O)NC1CCCCOCC1. The number of hydrogen-bond donors (Lipinski definition) is 2. The van der Waals surface area contributed by atoms with Crippen molar-refractivity contribution >= 4 is 22.8 Å². The standard InChI is InChI=1S/C22H30N2O4/c1-15(2)13-18(21(25)23-17-8-5-6-11-27-12-10-17)24-22(26)20-14-16-7-3-4-9-19(16)28-20/h3-4,7,9,14-15,17-18H,5-6,8,10-13H2,1-2H3,(H,23,25)(H,24,26). The maximum absolute atomic E-state index is 12.9. The minimum Gasteiger partial charge on any atom is -0.451 e. The molecule has 1 saturated heterocycles. The van der Waals surface area contributed by atoms with Crippen molar-refractivity contribution in [1.82, 2.24) is 10.6 Å². The fraction of sp³-hybridized carbons (Fsp3) is 0.545. The van der Waals surface area contributed by atoms with Crippen LogP contribution in [0.3, 0.4) is 0 Å². The minimum absolute atomic E-state index is 0.0885. The zero-order valence-electron chi connectivity index (χ0n) is 16.7. The number of amides is 2. The van der Waals surface area contributed by atoms with Crippen LogP contribution in [0, 0.1) is 5.92 Å². The number of ether oxygens (including phenoxy) is 1. The summed E-state index contributed by atoms with van der Waals surface area (Å²) >= 11 is 0. The normalized spacial score (nSPS) is 19.0. The van der Waals surface area contributed by atoms with Crippen molar-refractivity contribution in [2.75, 3.05) is 13.2 Å². The third-order valence-corrected chi connectivity index (χ3v) is 5.03. The van der Waals surface area contributed by atoms with E-state index in [1.165, 1.54) is 0 Å². The Kier molecular flexibility index (Phi) is 7.09. The van der Waals surface area contributed by atoms with Crippen molar-refractivity contribution in [3.63, 3.8) is 0 Å². The van der Waals surface area contributed by atoms with E-state index in [4.69, 9.17) is 9.15 Å². The predicted molar refractivity (Wildman–Crippen MR) is 108 cm³/mol. The summed E-state index contributed by atoms with van der Waals surface area (Å²) in [5, 5.41) is 6.85. The first-order valence-electron chi connectivity index (χ1n) is 10.2. The highest BCUT2D eigenvalue weighted by Crippen LogP contribution is 2.19. The van der Waals surface area contributed by atoms with E-state index in [9.17, 15) is 9.59 Å². The molecule has 1 fully saturated rings. The molecule has 1 aromatic heterocycles. The zero-order chi connectivity index (χ0) is 19.9. The van der Waals surface area contributed by atoms with Crippen LogP contribution in [0.25, 0.3) is 11.0 Å². The molecular weight excluding hydrogens is 356 g/mol. The Hall–Kier alpha value is -2.34. The van der Waals surface area contributed by atoms with Gasteiger partial charge in [-0.15, -0.1) is 0 Å². The van der Waals surface area contributed by atoms with E-state index in [0.29, 0.717) is 18.6 Å². The van der Waals surface area contributed by atoms with Crippen molar-refractivity contribution < 1.29 is 18.7 Å². The summed E-state index contributed by atoms with van der Waals surface area (Å²) in [6, 6.07) is 8.68. The number of nitrogens with one attached hydrogen (secondary N) is 2. The van der Waals surface area contributed by atoms with E-state index >= 15 is 0 Å². The average Bonchev–Trinajstić information content (AvgIpc) is 3.07. The number of fused-ring (bicyclic) bond motifs is 1. The monoisotopic (exact) mass is 386 g/mol. The lowest BCUT2D eigenvalue weighted by molar-refractivity contribution is -0.124. The van der Waals surface area contributed by atoms with E-state index in [1.54, 1.807) is 6.07 Å². The minimum atomic E-state index is -0.591. The van der Waals surface area contributed by atoms with Crippen LogP contribution in [-0.2, 0) is 9.53 Å². The fourth-order valence-electron chi connectivity index (χ4n) is 3.54. The van der Waals surface area contributed by atoms with Gasteiger partial charge < -0.3 is 19.8 Å². The predicted octanol–water partition coefficient (Wildman–Crippen LogP) is 3.65. The Morgan fingerprint density at radius 3 is 2.75 bits per heavy atom. The summed E-state index contributed by atoms with van der Waals surface area (Å²) in [7, 11) is 0. The molecule has 6 heteroatoms. The molecule has 152 valence electrons. The van der Waals surface area contributed by atoms with Crippen LogP contribution < -0.4 is 10.6 Å². The molecule has 28 heavy (non-hydrogen) atoms. The van der Waals surface area contributed by atoms with Crippen LogP contribution in [0.4, 0.5) is 0 Å². The summed E-state index contributed by atoms with van der Waals surface area (Å²) < 4.78 is 11.2. The molecule has 6 nitrogen and oxygen atoms in total. The largest absolute Gasteiger partial charge is 0.451 e. The number of carbonyl (C=O) groups excluding carboxylic acids is 2. The highest BCUT2D eigenvalue weighted by Gasteiger charge is 2.26. The van der Waals surface area contributed by atoms with Crippen LogP contribution in [0.5, 0.6) is 0 Å². The van der Waals surface area contributed by atoms with Crippen LogP contribution in [0.15, 0.2) is 34.7 Å². The summed E-state index contributed by atoms with van der Waals surface area (Å²) in [4.78, 5) is 25.6. The van der Waals surface area contributed by atoms with Crippen LogP contribution in [-0.4, -0.2) is 37.1 Å². The van der Waals surface area contributed by atoms with E-state index in [1.807, 2.05) is 38.1 Å². The van der Waals surface area contributed by atoms with E-state index < -0.39 is 6.04 Å². The van der Waals surface area contributed by atoms with Crippen LogP contribution >= 0.6 is 0 Å².